The van der Waals surface area contributed by atoms with Crippen molar-refractivity contribution in [3.63, 3.8) is 0 Å². The summed E-state index contributed by atoms with van der Waals surface area (Å²) >= 11 is 3.12. The molecule has 0 radical (unpaired) electrons. The van der Waals surface area contributed by atoms with E-state index in [-0.39, 0.29) is 6.61 Å². The highest BCUT2D eigenvalue weighted by atomic mass is 32.2. The number of ether oxygens (including phenoxy) is 1. The molecule has 5 rings (SSSR count). The molecule has 11 heteroatoms. The van der Waals surface area contributed by atoms with Gasteiger partial charge in [0.1, 0.15) is 29.1 Å². The number of aliphatic hydroxyl groups excluding tert-OH is 3. The van der Waals surface area contributed by atoms with E-state index < -0.39 is 24.5 Å². The van der Waals surface area contributed by atoms with Gasteiger partial charge in [0.25, 0.3) is 0 Å². The Morgan fingerprint density at radius 1 is 1.24 bits per heavy atom. The first-order chi connectivity index (χ1) is 14.1. The van der Waals surface area contributed by atoms with Gasteiger partial charge in [-0.05, 0) is 17.7 Å². The third-order valence-corrected chi connectivity index (χ3v) is 6.88. The van der Waals surface area contributed by atoms with Crippen LogP contribution in [0.15, 0.2) is 41.4 Å². The molecule has 150 valence electrons. The Bertz CT molecular complexity index is 1180. The smallest absolute Gasteiger partial charge is 0.199 e. The molecule has 4 aromatic rings. The molecular weight excluding hydrogens is 414 g/mol. The molecule has 3 atom stereocenters. The van der Waals surface area contributed by atoms with Crippen molar-refractivity contribution in [1.82, 2.24) is 24.5 Å². The third-order valence-electron chi connectivity index (χ3n) is 5.04. The average molecular weight is 431 g/mol. The number of fused-ring (bicyclic) bond motifs is 2. The van der Waals surface area contributed by atoms with Crippen LogP contribution < -0.4 is 0 Å². The van der Waals surface area contributed by atoms with E-state index in [0.29, 0.717) is 21.9 Å². The van der Waals surface area contributed by atoms with Gasteiger partial charge in [-0.1, -0.05) is 17.8 Å². The molecule has 0 amide bonds. The lowest BCUT2D eigenvalue weighted by molar-refractivity contribution is -0.149. The lowest BCUT2D eigenvalue weighted by atomic mass is 10.1. The summed E-state index contributed by atoms with van der Waals surface area (Å²) in [5, 5.41) is 30.9. The lowest BCUT2D eigenvalue weighted by Crippen LogP contribution is -2.48. The molecule has 3 N–H and O–H groups in total. The van der Waals surface area contributed by atoms with Crippen molar-refractivity contribution in [2.75, 3.05) is 13.2 Å². The first-order valence-corrected chi connectivity index (χ1v) is 10.7. The van der Waals surface area contributed by atoms with Crippen LogP contribution >= 0.6 is 23.1 Å². The minimum atomic E-state index is -1.53. The molecule has 29 heavy (non-hydrogen) atoms. The summed E-state index contributed by atoms with van der Waals surface area (Å²) < 4.78 is 8.18. The zero-order valence-corrected chi connectivity index (χ0v) is 16.7. The molecule has 0 aliphatic carbocycles. The van der Waals surface area contributed by atoms with Crippen LogP contribution in [0.4, 0.5) is 0 Å². The van der Waals surface area contributed by atoms with E-state index in [4.69, 9.17) is 4.74 Å². The maximum Gasteiger partial charge on any atom is 0.199 e. The van der Waals surface area contributed by atoms with Crippen LogP contribution in [-0.4, -0.2) is 65.2 Å². The van der Waals surface area contributed by atoms with Crippen molar-refractivity contribution in [1.29, 1.82) is 0 Å². The van der Waals surface area contributed by atoms with Crippen LogP contribution in [0.3, 0.4) is 0 Å². The Hall–Kier alpha value is -2.15. The van der Waals surface area contributed by atoms with E-state index in [1.54, 1.807) is 11.3 Å². The van der Waals surface area contributed by atoms with Gasteiger partial charge in [-0.3, -0.25) is 4.57 Å². The van der Waals surface area contributed by atoms with Crippen LogP contribution in [0, 0.1) is 0 Å². The summed E-state index contributed by atoms with van der Waals surface area (Å²) in [6.45, 7) is -0.619. The number of nitrogens with zero attached hydrogens (tertiary/aromatic N) is 5. The molecule has 1 aromatic carbocycles. The maximum atomic E-state index is 10.4. The molecule has 9 nitrogen and oxygen atoms in total. The standard InChI is InChI=1S/C18H17N5O4S2/c24-6-18(15(26)12(25)4-27-18)23-8-21-14-16(23)19-7-20-17(14)28-5-10-1-2-11-13(3-10)29-9-22-11/h1-3,7-9,12,15,24-26H,4-6H2/t12-,15-,18-/m0/s1. The number of benzene rings is 1. The van der Waals surface area contributed by atoms with Gasteiger partial charge in [-0.25, -0.2) is 19.9 Å². The van der Waals surface area contributed by atoms with Crippen molar-refractivity contribution in [2.45, 2.75) is 28.7 Å². The number of imidazole rings is 1. The van der Waals surface area contributed by atoms with Gasteiger partial charge < -0.3 is 20.1 Å². The zero-order valence-electron chi connectivity index (χ0n) is 15.0. The normalized spacial score (nSPS) is 24.7. The van der Waals surface area contributed by atoms with Crippen molar-refractivity contribution < 1.29 is 20.1 Å². The van der Waals surface area contributed by atoms with Gasteiger partial charge in [0, 0.05) is 5.75 Å². The van der Waals surface area contributed by atoms with Gasteiger partial charge in [0.2, 0.25) is 0 Å². The molecule has 3 aromatic heterocycles. The number of thioether (sulfide) groups is 1. The Morgan fingerprint density at radius 3 is 2.93 bits per heavy atom. The van der Waals surface area contributed by atoms with Crippen molar-refractivity contribution in [3.8, 4) is 0 Å². The van der Waals surface area contributed by atoms with Crippen molar-refractivity contribution in [2.24, 2.45) is 0 Å². The van der Waals surface area contributed by atoms with Crippen LogP contribution in [0.1, 0.15) is 5.56 Å². The summed E-state index contributed by atoms with van der Waals surface area (Å²) in [5.41, 5.74) is 3.39. The Labute approximate surface area is 173 Å². The zero-order chi connectivity index (χ0) is 20.0. The Kier molecular flexibility index (Phi) is 4.73. The van der Waals surface area contributed by atoms with Gasteiger partial charge in [-0.15, -0.1) is 11.3 Å². The first-order valence-electron chi connectivity index (χ1n) is 8.87. The molecule has 0 unspecified atom stereocenters. The summed E-state index contributed by atoms with van der Waals surface area (Å²) in [6, 6.07) is 6.15. The number of aliphatic hydroxyl groups is 3. The van der Waals surface area contributed by atoms with E-state index in [2.05, 4.69) is 26.0 Å². The van der Waals surface area contributed by atoms with Gasteiger partial charge in [0.05, 0.1) is 35.3 Å². The predicted octanol–water partition coefficient (Wildman–Crippen LogP) is 1.13. The van der Waals surface area contributed by atoms with E-state index in [1.165, 1.54) is 29.0 Å². The molecule has 0 spiro atoms. The lowest BCUT2D eigenvalue weighted by Gasteiger charge is -2.31. The second-order valence-corrected chi connectivity index (χ2v) is 8.59. The van der Waals surface area contributed by atoms with E-state index in [0.717, 1.165) is 15.8 Å². The number of aromatic nitrogens is 5. The van der Waals surface area contributed by atoms with Crippen molar-refractivity contribution in [3.05, 3.63) is 41.9 Å². The highest BCUT2D eigenvalue weighted by Crippen LogP contribution is 2.35. The fourth-order valence-corrected chi connectivity index (χ4v) is 5.10. The van der Waals surface area contributed by atoms with E-state index >= 15 is 0 Å². The first kappa shape index (κ1) is 18.9. The fraction of sp³-hybridized carbons (Fsp3) is 0.333. The molecule has 1 aliphatic heterocycles. The van der Waals surface area contributed by atoms with Crippen molar-refractivity contribution >= 4 is 44.5 Å². The Balaban J connectivity index is 1.47. The number of rotatable bonds is 5. The fourth-order valence-electron chi connectivity index (χ4n) is 3.47. The second-order valence-electron chi connectivity index (χ2n) is 6.73. The van der Waals surface area contributed by atoms with Gasteiger partial charge in [0.15, 0.2) is 11.4 Å². The summed E-state index contributed by atoms with van der Waals surface area (Å²) in [5.74, 6) is 0.690. The number of hydrogen-bond acceptors (Lipinski definition) is 10. The molecule has 4 heterocycles. The monoisotopic (exact) mass is 431 g/mol. The topological polar surface area (TPSA) is 126 Å². The van der Waals surface area contributed by atoms with Gasteiger partial charge >= 0.3 is 0 Å². The van der Waals surface area contributed by atoms with Crippen LogP contribution in [0.2, 0.25) is 0 Å². The third kappa shape index (κ3) is 3.01. The minimum Gasteiger partial charge on any atom is -0.391 e. The van der Waals surface area contributed by atoms with Crippen LogP contribution in [0.5, 0.6) is 0 Å². The average Bonchev–Trinajstić information content (AvgIpc) is 3.45. The van der Waals surface area contributed by atoms with Crippen LogP contribution in [-0.2, 0) is 16.2 Å². The highest BCUT2D eigenvalue weighted by Gasteiger charge is 2.51. The SMILES string of the molecule is OC[C@]1(n2cnc3c(SCc4ccc5ncsc5c4)ncnc32)OC[C@H](O)[C@@H]1O. The molecule has 1 aliphatic rings. The van der Waals surface area contributed by atoms with E-state index in [1.807, 2.05) is 17.6 Å². The summed E-state index contributed by atoms with van der Waals surface area (Å²) in [7, 11) is 0. The minimum absolute atomic E-state index is 0.0891. The van der Waals surface area contributed by atoms with Gasteiger partial charge in [-0.2, -0.15) is 0 Å². The summed E-state index contributed by atoms with van der Waals surface area (Å²) in [6.07, 6.45) is 0.460. The largest absolute Gasteiger partial charge is 0.391 e. The highest BCUT2D eigenvalue weighted by molar-refractivity contribution is 7.98. The van der Waals surface area contributed by atoms with E-state index in [9.17, 15) is 15.3 Å². The second kappa shape index (κ2) is 7.27. The summed E-state index contributed by atoms with van der Waals surface area (Å²) in [4.78, 5) is 17.3. The molecule has 1 saturated heterocycles. The predicted molar refractivity (Wildman–Crippen MR) is 108 cm³/mol. The Morgan fingerprint density at radius 2 is 2.14 bits per heavy atom. The molecule has 1 fully saturated rings. The maximum absolute atomic E-state index is 10.4. The molecular formula is C18H17N5O4S2. The molecule has 0 saturated carbocycles. The number of thiazole rings is 1. The number of hydrogen-bond donors (Lipinski definition) is 3. The quantitative estimate of drug-likeness (QED) is 0.315. The molecule has 0 bridgehead atoms. The van der Waals surface area contributed by atoms with Crippen LogP contribution in [0.25, 0.3) is 21.4 Å².